The van der Waals surface area contributed by atoms with Gasteiger partial charge in [-0.05, 0) is 25.1 Å². The number of hydrogen-bond acceptors (Lipinski definition) is 4. The van der Waals surface area contributed by atoms with Gasteiger partial charge in [-0.3, -0.25) is 0 Å². The average molecular weight is 360 g/mol. The molecule has 2 aromatic carbocycles. The highest BCUT2D eigenvalue weighted by molar-refractivity contribution is 5.86. The van der Waals surface area contributed by atoms with Crippen molar-refractivity contribution in [1.82, 2.24) is 9.97 Å². The summed E-state index contributed by atoms with van der Waals surface area (Å²) < 4.78 is 16.3. The molecule has 0 fully saturated rings. The Labute approximate surface area is 158 Å². The maximum atomic E-state index is 16.3. The summed E-state index contributed by atoms with van der Waals surface area (Å²) in [4.78, 5) is 13.5. The van der Waals surface area contributed by atoms with Crippen LogP contribution in [0.3, 0.4) is 0 Å². The lowest BCUT2D eigenvalue weighted by Crippen LogP contribution is -2.59. The maximum absolute atomic E-state index is 16.3. The van der Waals surface area contributed by atoms with E-state index in [9.17, 15) is 0 Å². The van der Waals surface area contributed by atoms with Crippen molar-refractivity contribution in [3.63, 3.8) is 0 Å². The van der Waals surface area contributed by atoms with Crippen molar-refractivity contribution in [3.8, 4) is 0 Å². The van der Waals surface area contributed by atoms with Gasteiger partial charge in [-0.15, -0.1) is 0 Å². The number of aromatic nitrogens is 2. The van der Waals surface area contributed by atoms with Crippen molar-refractivity contribution in [2.75, 3.05) is 9.80 Å². The smallest absolute Gasteiger partial charge is 0.178 e. The summed E-state index contributed by atoms with van der Waals surface area (Å²) in [5.74, 6) is 1.52. The average Bonchev–Trinajstić information content (AvgIpc) is 3.04. The molecule has 3 aromatic rings. The Balaban J connectivity index is 1.84. The van der Waals surface area contributed by atoms with E-state index < -0.39 is 11.1 Å². The Morgan fingerprint density at radius 3 is 2.11 bits per heavy atom. The van der Waals surface area contributed by atoms with E-state index in [4.69, 9.17) is 0 Å². The summed E-state index contributed by atoms with van der Waals surface area (Å²) in [7, 11) is 0. The first-order valence-corrected chi connectivity index (χ1v) is 9.17. The van der Waals surface area contributed by atoms with Crippen molar-refractivity contribution in [1.29, 1.82) is 0 Å². The first kappa shape index (κ1) is 16.2. The topological polar surface area (TPSA) is 32.3 Å². The normalized spacial score (nSPS) is 25.0. The zero-order valence-corrected chi connectivity index (χ0v) is 15.6. The summed E-state index contributed by atoms with van der Waals surface area (Å²) in [5.41, 5.74) is 0.291. The molecule has 2 atom stereocenters. The predicted octanol–water partition coefficient (Wildman–Crippen LogP) is 5.32. The summed E-state index contributed by atoms with van der Waals surface area (Å²) in [6, 6.07) is 17.7. The van der Waals surface area contributed by atoms with Crippen molar-refractivity contribution < 1.29 is 4.39 Å². The highest BCUT2D eigenvalue weighted by atomic mass is 19.1. The van der Waals surface area contributed by atoms with Crippen LogP contribution in [0.1, 0.15) is 26.3 Å². The lowest BCUT2D eigenvalue weighted by molar-refractivity contribution is 0.00488. The molecule has 0 amide bonds. The summed E-state index contributed by atoms with van der Waals surface area (Å²) in [5, 5.41) is 0. The fraction of sp³-hybridized carbons (Fsp3) is 0.273. The van der Waals surface area contributed by atoms with E-state index in [1.165, 1.54) is 0 Å². The summed E-state index contributed by atoms with van der Waals surface area (Å²) >= 11 is 0. The Bertz CT molecular complexity index is 1020. The van der Waals surface area contributed by atoms with Crippen molar-refractivity contribution >= 4 is 23.0 Å². The number of benzene rings is 2. The molecule has 27 heavy (non-hydrogen) atoms. The van der Waals surface area contributed by atoms with E-state index in [2.05, 4.69) is 19.8 Å². The van der Waals surface area contributed by atoms with Crippen molar-refractivity contribution in [2.24, 2.45) is 5.41 Å². The minimum absolute atomic E-state index is 0.276. The molecule has 0 spiro atoms. The molecule has 2 aliphatic rings. The van der Waals surface area contributed by atoms with E-state index in [1.54, 1.807) is 19.3 Å². The Hall–Kier alpha value is -2.95. The van der Waals surface area contributed by atoms with E-state index in [1.807, 2.05) is 68.4 Å². The van der Waals surface area contributed by atoms with Crippen molar-refractivity contribution in [3.05, 3.63) is 72.6 Å². The summed E-state index contributed by atoms with van der Waals surface area (Å²) in [6.07, 6.45) is 3.12. The molecule has 5 rings (SSSR count). The van der Waals surface area contributed by atoms with E-state index >= 15 is 4.39 Å². The number of para-hydroxylation sites is 2. The molecule has 4 nitrogen and oxygen atoms in total. The van der Waals surface area contributed by atoms with Crippen LogP contribution in [0.25, 0.3) is 0 Å². The second kappa shape index (κ2) is 5.28. The standard InChI is InChI=1S/C22H21FN4/c1-21(2)20-26(15-9-5-4-6-10-15)18-19(25-14-13-24-18)27(20)17-12-8-7-11-16(17)22(21,3)23/h4-14,20H,1-3H3/t20-,22?/m1/s1. The molecular weight excluding hydrogens is 339 g/mol. The third kappa shape index (κ3) is 1.97. The second-order valence-corrected chi connectivity index (χ2v) is 7.89. The fourth-order valence-corrected chi connectivity index (χ4v) is 4.42. The van der Waals surface area contributed by atoms with Gasteiger partial charge >= 0.3 is 0 Å². The first-order valence-electron chi connectivity index (χ1n) is 9.17. The SMILES string of the molecule is CC1(F)c2ccccc2N2c3nccnc3N(c3ccccc3)[C@H]2C1(C)C. The molecule has 0 bridgehead atoms. The highest BCUT2D eigenvalue weighted by Crippen LogP contribution is 2.61. The molecule has 0 saturated carbocycles. The lowest BCUT2D eigenvalue weighted by Gasteiger charge is -2.53. The second-order valence-electron chi connectivity index (χ2n) is 7.89. The quantitative estimate of drug-likeness (QED) is 0.588. The van der Waals surface area contributed by atoms with Gasteiger partial charge in [0.2, 0.25) is 0 Å². The first-order chi connectivity index (χ1) is 12.9. The van der Waals surface area contributed by atoms with E-state index in [-0.39, 0.29) is 6.17 Å². The molecule has 1 unspecified atom stereocenters. The van der Waals surface area contributed by atoms with Gasteiger partial charge in [0.05, 0.1) is 5.69 Å². The maximum Gasteiger partial charge on any atom is 0.178 e. The number of anilines is 4. The Morgan fingerprint density at radius 2 is 1.41 bits per heavy atom. The zero-order chi connectivity index (χ0) is 18.8. The van der Waals surface area contributed by atoms with E-state index in [0.29, 0.717) is 5.56 Å². The monoisotopic (exact) mass is 360 g/mol. The highest BCUT2D eigenvalue weighted by Gasteiger charge is 2.61. The van der Waals surface area contributed by atoms with Gasteiger partial charge in [0, 0.05) is 29.1 Å². The largest absolute Gasteiger partial charge is 0.301 e. The third-order valence-electron chi connectivity index (χ3n) is 6.17. The van der Waals surface area contributed by atoms with Gasteiger partial charge in [-0.2, -0.15) is 0 Å². The molecule has 0 N–H and O–H groups in total. The zero-order valence-electron chi connectivity index (χ0n) is 15.6. The van der Waals surface area contributed by atoms with Crippen LogP contribution >= 0.6 is 0 Å². The number of nitrogens with zero attached hydrogens (tertiary/aromatic N) is 4. The van der Waals surface area contributed by atoms with Crippen LogP contribution in [0.4, 0.5) is 27.4 Å². The molecular formula is C22H21FN4. The minimum atomic E-state index is -1.51. The van der Waals surface area contributed by atoms with Crippen LogP contribution in [0.2, 0.25) is 0 Å². The minimum Gasteiger partial charge on any atom is -0.301 e. The van der Waals surface area contributed by atoms with E-state index in [0.717, 1.165) is 23.0 Å². The molecule has 136 valence electrons. The molecule has 3 heterocycles. The van der Waals surface area contributed by atoms with Gasteiger partial charge in [0.25, 0.3) is 0 Å². The third-order valence-corrected chi connectivity index (χ3v) is 6.17. The van der Waals surface area contributed by atoms with Crippen LogP contribution in [-0.4, -0.2) is 16.1 Å². The number of halogens is 1. The number of hydrogen-bond donors (Lipinski definition) is 0. The van der Waals surface area contributed by atoms with Crippen LogP contribution < -0.4 is 9.80 Å². The summed E-state index contributed by atoms with van der Waals surface area (Å²) in [6.45, 7) is 5.67. The molecule has 5 heteroatoms. The fourth-order valence-electron chi connectivity index (χ4n) is 4.42. The predicted molar refractivity (Wildman–Crippen MR) is 105 cm³/mol. The molecule has 2 aliphatic heterocycles. The van der Waals surface area contributed by atoms with Crippen LogP contribution in [0, 0.1) is 5.41 Å². The Kier molecular flexibility index (Phi) is 3.18. The molecule has 0 radical (unpaired) electrons. The van der Waals surface area contributed by atoms with Crippen LogP contribution in [0.5, 0.6) is 0 Å². The van der Waals surface area contributed by atoms with Crippen LogP contribution in [-0.2, 0) is 5.67 Å². The van der Waals surface area contributed by atoms with Gasteiger partial charge in [-0.1, -0.05) is 50.2 Å². The molecule has 1 aromatic heterocycles. The lowest BCUT2D eigenvalue weighted by atomic mass is 9.67. The van der Waals surface area contributed by atoms with Gasteiger partial charge < -0.3 is 9.80 Å². The number of alkyl halides is 1. The van der Waals surface area contributed by atoms with Gasteiger partial charge in [-0.25, -0.2) is 14.4 Å². The molecule has 0 saturated heterocycles. The van der Waals surface area contributed by atoms with Gasteiger partial charge in [0.1, 0.15) is 11.8 Å². The number of rotatable bonds is 1. The molecule has 0 aliphatic carbocycles. The number of fused-ring (bicyclic) bond motifs is 5. The van der Waals surface area contributed by atoms with Crippen molar-refractivity contribution in [2.45, 2.75) is 32.6 Å². The Morgan fingerprint density at radius 1 is 0.815 bits per heavy atom. The van der Waals surface area contributed by atoms with Gasteiger partial charge in [0.15, 0.2) is 11.6 Å². The van der Waals surface area contributed by atoms with Crippen LogP contribution in [0.15, 0.2) is 67.0 Å².